The molecule has 1 aromatic heterocycles. The van der Waals surface area contributed by atoms with Crippen LogP contribution in [-0.2, 0) is 28.5 Å². The third-order valence-electron chi connectivity index (χ3n) is 6.27. The first kappa shape index (κ1) is 32.2. The van der Waals surface area contributed by atoms with Gasteiger partial charge in [0, 0.05) is 30.0 Å². The molecule has 8 atom stereocenters. The van der Waals surface area contributed by atoms with Crippen molar-refractivity contribution in [2.24, 2.45) is 5.73 Å². The molecule has 1 saturated heterocycles. The summed E-state index contributed by atoms with van der Waals surface area (Å²) in [5.41, 5.74) is -0.624. The number of hydrogen-bond acceptors (Lipinski definition) is 12. The van der Waals surface area contributed by atoms with Crippen LogP contribution < -0.4 is 22.3 Å². The zero-order valence-electron chi connectivity index (χ0n) is 21.8. The summed E-state index contributed by atoms with van der Waals surface area (Å²) in [6.45, 7) is 0. The lowest BCUT2D eigenvalue weighted by atomic mass is 10.0. The van der Waals surface area contributed by atoms with Crippen LogP contribution in [0, 0.1) is 0 Å². The summed E-state index contributed by atoms with van der Waals surface area (Å²) >= 11 is -0.352. The number of thioether (sulfide) groups is 1. The van der Waals surface area contributed by atoms with Crippen LogP contribution in [0.4, 0.5) is 18.9 Å². The van der Waals surface area contributed by atoms with Crippen LogP contribution in [0.2, 0.25) is 0 Å². The van der Waals surface area contributed by atoms with Gasteiger partial charge in [0.2, 0.25) is 12.2 Å². The van der Waals surface area contributed by atoms with Gasteiger partial charge in [-0.25, -0.2) is 4.79 Å². The van der Waals surface area contributed by atoms with Crippen LogP contribution in [0.3, 0.4) is 0 Å². The number of aromatic amines is 1. The average molecular weight is 635 g/mol. The number of anilines is 1. The van der Waals surface area contributed by atoms with Crippen LogP contribution in [0.15, 0.2) is 62.8 Å². The summed E-state index contributed by atoms with van der Waals surface area (Å²) in [5, 5.41) is 33.9. The van der Waals surface area contributed by atoms with Crippen LogP contribution >= 0.6 is 11.8 Å². The monoisotopic (exact) mass is 634 g/mol. The lowest BCUT2D eigenvalue weighted by Crippen LogP contribution is -2.53. The quantitative estimate of drug-likeness (QED) is 0.181. The van der Waals surface area contributed by atoms with E-state index in [1.807, 2.05) is 4.98 Å². The van der Waals surface area contributed by atoms with Crippen molar-refractivity contribution >= 4 is 29.3 Å². The van der Waals surface area contributed by atoms with Gasteiger partial charge in [0.1, 0.15) is 30.5 Å². The van der Waals surface area contributed by atoms with Crippen LogP contribution in [0.1, 0.15) is 6.23 Å². The van der Waals surface area contributed by atoms with Gasteiger partial charge in [0.05, 0.1) is 0 Å². The van der Waals surface area contributed by atoms with E-state index in [0.29, 0.717) is 0 Å². The molecule has 7 N–H and O–H groups in total. The molecule has 1 aromatic carbocycles. The Bertz CT molecular complexity index is 1480. The molecule has 0 bridgehead atoms. The lowest BCUT2D eigenvalue weighted by Gasteiger charge is -2.35. The van der Waals surface area contributed by atoms with E-state index in [4.69, 9.17) is 24.7 Å². The smallest absolute Gasteiger partial charge is 0.446 e. The van der Waals surface area contributed by atoms with Crippen molar-refractivity contribution in [3.8, 4) is 0 Å². The highest BCUT2D eigenvalue weighted by molar-refractivity contribution is 8.00. The molecule has 3 heterocycles. The number of methoxy groups -OCH3 is 1. The first-order valence-electron chi connectivity index (χ1n) is 12.2. The van der Waals surface area contributed by atoms with E-state index in [2.05, 4.69) is 5.32 Å². The van der Waals surface area contributed by atoms with Crippen molar-refractivity contribution in [3.63, 3.8) is 0 Å². The van der Waals surface area contributed by atoms with Crippen molar-refractivity contribution in [2.75, 3.05) is 12.4 Å². The number of nitrogens with one attached hydrogen (secondary N) is 2. The highest BCUT2D eigenvalue weighted by Crippen LogP contribution is 2.37. The van der Waals surface area contributed by atoms with Crippen molar-refractivity contribution in [3.05, 3.63) is 69.2 Å². The summed E-state index contributed by atoms with van der Waals surface area (Å²) in [7, 11) is 1.15. The molecule has 0 unspecified atom stereocenters. The van der Waals surface area contributed by atoms with Gasteiger partial charge in [-0.2, -0.15) is 13.2 Å². The number of nitrogens with two attached hydrogens (primary N) is 1. The number of carbonyl (C=O) groups excluding carboxylic acids is 2. The van der Waals surface area contributed by atoms with Crippen molar-refractivity contribution < 1.29 is 57.0 Å². The fraction of sp³-hybridized carbons (Fsp3) is 0.417. The normalized spacial score (nSPS) is 28.1. The molecule has 0 radical (unpaired) electrons. The minimum Gasteiger partial charge on any atom is -0.456 e. The Morgan fingerprint density at radius 3 is 2.40 bits per heavy atom. The summed E-state index contributed by atoms with van der Waals surface area (Å²) in [5.74, 6) is -2.80. The van der Waals surface area contributed by atoms with Crippen molar-refractivity contribution in [1.29, 1.82) is 0 Å². The van der Waals surface area contributed by atoms with E-state index in [1.54, 1.807) is 0 Å². The van der Waals surface area contributed by atoms with Crippen molar-refractivity contribution in [1.82, 2.24) is 9.55 Å². The molecule has 19 heteroatoms. The maximum atomic E-state index is 12.8. The van der Waals surface area contributed by atoms with Crippen LogP contribution in [0.25, 0.3) is 0 Å². The molecule has 234 valence electrons. The molecule has 0 aliphatic carbocycles. The maximum Gasteiger partial charge on any atom is 0.446 e. The van der Waals surface area contributed by atoms with Crippen LogP contribution in [-0.4, -0.2) is 92.2 Å². The highest BCUT2D eigenvalue weighted by Gasteiger charge is 2.52. The van der Waals surface area contributed by atoms with E-state index in [0.717, 1.165) is 42.1 Å². The average Bonchev–Trinajstić information content (AvgIpc) is 3.24. The number of aromatic nitrogens is 2. The predicted octanol–water partition coefficient (Wildman–Crippen LogP) is -1.11. The van der Waals surface area contributed by atoms with Gasteiger partial charge in [-0.1, -0.05) is 0 Å². The second-order valence-corrected chi connectivity index (χ2v) is 10.3. The summed E-state index contributed by atoms with van der Waals surface area (Å²) < 4.78 is 60.3. The number of nitrogens with zero attached hydrogens (tertiary/aromatic N) is 1. The van der Waals surface area contributed by atoms with Gasteiger partial charge < -0.3 is 45.3 Å². The fourth-order valence-corrected chi connectivity index (χ4v) is 4.86. The molecule has 2 aliphatic rings. The number of ether oxygens (including phenoxy) is 4. The number of carbonyl (C=O) groups is 2. The van der Waals surface area contributed by atoms with Gasteiger partial charge in [-0.3, -0.25) is 23.9 Å². The van der Waals surface area contributed by atoms with Gasteiger partial charge >= 0.3 is 11.2 Å². The van der Waals surface area contributed by atoms with E-state index < -0.39 is 83.5 Å². The number of rotatable bonds is 9. The van der Waals surface area contributed by atoms with Gasteiger partial charge in [0.15, 0.2) is 18.1 Å². The van der Waals surface area contributed by atoms with Crippen LogP contribution in [0.5, 0.6) is 0 Å². The number of amides is 2. The van der Waals surface area contributed by atoms with Gasteiger partial charge in [-0.15, -0.1) is 0 Å². The molecule has 2 aromatic rings. The van der Waals surface area contributed by atoms with E-state index in [9.17, 15) is 47.7 Å². The fourth-order valence-electron chi connectivity index (χ4n) is 4.32. The first-order chi connectivity index (χ1) is 20.2. The standard InChI is InChI=1S/C24H25F3N4O11S/c1-39-16-15(35)21(31-7-6-13(33)30-23(31)38)41-17(16)18(19(28)36)42-22-14(34)11(32)8-12(40-22)20(37)29-9-2-4-10(5-3-9)43-24(25,26)27/h2-8,11,14-18,21-22,32,34-35H,1H3,(H2,28,36)(H,29,37)(H,30,33,38)/t11-,14-,15+,16-,17-,18+,21+,22+/m0/s1. The SMILES string of the molecule is CO[C@H]1[C@@H](O)[C@H](n2ccc(=O)[nH]c2=O)O[C@@H]1[C@@H](O[C@H]1OC(C(=O)Nc2ccc(SC(F)(F)F)cc2)=C[C@H](O)[C@@H]1O)C(N)=O. The lowest BCUT2D eigenvalue weighted by molar-refractivity contribution is -0.241. The Morgan fingerprint density at radius 2 is 1.81 bits per heavy atom. The molecule has 4 rings (SSSR count). The van der Waals surface area contributed by atoms with E-state index in [1.165, 1.54) is 12.1 Å². The van der Waals surface area contributed by atoms with E-state index >= 15 is 0 Å². The number of aliphatic hydroxyl groups excluding tert-OH is 3. The Hall–Kier alpha value is -3.72. The zero-order chi connectivity index (χ0) is 31.6. The molecule has 0 spiro atoms. The number of hydrogen-bond donors (Lipinski definition) is 6. The molecule has 43 heavy (non-hydrogen) atoms. The number of alkyl halides is 3. The summed E-state index contributed by atoms with van der Waals surface area (Å²) in [4.78, 5) is 50.8. The topological polar surface area (TPSA) is 225 Å². The molecule has 0 saturated carbocycles. The highest BCUT2D eigenvalue weighted by atomic mass is 32.2. The minimum atomic E-state index is -4.51. The number of H-pyrrole nitrogens is 1. The predicted molar refractivity (Wildman–Crippen MR) is 138 cm³/mol. The second kappa shape index (κ2) is 12.9. The first-order valence-corrected chi connectivity index (χ1v) is 13.0. The third-order valence-corrected chi connectivity index (χ3v) is 7.01. The zero-order valence-corrected chi connectivity index (χ0v) is 22.7. The number of benzene rings is 1. The second-order valence-electron chi connectivity index (χ2n) is 9.18. The Labute approximate surface area is 243 Å². The van der Waals surface area contributed by atoms with Gasteiger partial charge in [0.25, 0.3) is 11.5 Å². The Balaban J connectivity index is 1.50. The molecule has 2 amide bonds. The Morgan fingerprint density at radius 1 is 1.14 bits per heavy atom. The van der Waals surface area contributed by atoms with E-state index in [-0.39, 0.29) is 22.3 Å². The molecule has 1 fully saturated rings. The largest absolute Gasteiger partial charge is 0.456 e. The van der Waals surface area contributed by atoms with Gasteiger partial charge in [-0.05, 0) is 42.1 Å². The number of halogens is 3. The molecule has 2 aliphatic heterocycles. The van der Waals surface area contributed by atoms with Crippen molar-refractivity contribution in [2.45, 2.75) is 59.5 Å². The molecular formula is C24H25F3N4O11S. The minimum absolute atomic E-state index is 0.0638. The Kier molecular flexibility index (Phi) is 9.64. The summed E-state index contributed by atoms with van der Waals surface area (Å²) in [6, 6.07) is 5.59. The molecular weight excluding hydrogens is 609 g/mol. The maximum absolute atomic E-state index is 12.8. The molecule has 15 nitrogen and oxygen atoms in total. The number of primary amides is 1. The number of aliphatic hydroxyl groups is 3. The third kappa shape index (κ3) is 7.44. The summed E-state index contributed by atoms with van der Waals surface area (Å²) in [6.07, 6.45) is -11.5.